The zero-order chi connectivity index (χ0) is 21.5. The van der Waals surface area contributed by atoms with Gasteiger partial charge < -0.3 is 10.6 Å². The Labute approximate surface area is 185 Å². The number of hydrogen-bond donors (Lipinski definition) is 2. The van der Waals surface area contributed by atoms with Gasteiger partial charge in [-0.05, 0) is 67.3 Å². The van der Waals surface area contributed by atoms with E-state index in [2.05, 4.69) is 10.6 Å². The number of hydrogen-bond acceptors (Lipinski definition) is 3. The summed E-state index contributed by atoms with van der Waals surface area (Å²) in [5, 5.41) is 6.03. The summed E-state index contributed by atoms with van der Waals surface area (Å²) in [6, 6.07) is 21.7. The Kier molecular flexibility index (Phi) is 7.33. The van der Waals surface area contributed by atoms with Crippen LogP contribution in [0.1, 0.15) is 21.5 Å². The predicted octanol–water partition coefficient (Wildman–Crippen LogP) is 5.78. The van der Waals surface area contributed by atoms with Crippen LogP contribution in [0.4, 0.5) is 5.69 Å². The van der Waals surface area contributed by atoms with Gasteiger partial charge in [-0.2, -0.15) is 0 Å². The molecule has 0 aromatic heterocycles. The average molecular weight is 437 g/mol. The van der Waals surface area contributed by atoms with Gasteiger partial charge in [0, 0.05) is 21.2 Å². The van der Waals surface area contributed by atoms with Gasteiger partial charge in [0.2, 0.25) is 0 Å². The molecule has 0 unspecified atom stereocenters. The maximum absolute atomic E-state index is 12.9. The van der Waals surface area contributed by atoms with E-state index in [1.54, 1.807) is 54.2 Å². The SMILES string of the molecule is CSc1ccc(/C=C(/NC(=O)c2ccc(C)cc2)C(=O)Nc2cccc(Cl)c2)cc1. The van der Waals surface area contributed by atoms with E-state index in [0.29, 0.717) is 16.3 Å². The predicted molar refractivity (Wildman–Crippen MR) is 125 cm³/mol. The topological polar surface area (TPSA) is 58.2 Å². The molecule has 0 saturated heterocycles. The molecule has 2 N–H and O–H groups in total. The van der Waals surface area contributed by atoms with Crippen LogP contribution in [0.2, 0.25) is 5.02 Å². The van der Waals surface area contributed by atoms with Gasteiger partial charge in [-0.3, -0.25) is 9.59 Å². The van der Waals surface area contributed by atoms with Crippen molar-refractivity contribution in [3.8, 4) is 0 Å². The number of halogens is 1. The Balaban J connectivity index is 1.88. The van der Waals surface area contributed by atoms with E-state index in [0.717, 1.165) is 16.0 Å². The van der Waals surface area contributed by atoms with Gasteiger partial charge in [0.1, 0.15) is 5.70 Å². The van der Waals surface area contributed by atoms with E-state index < -0.39 is 5.91 Å². The van der Waals surface area contributed by atoms with E-state index >= 15 is 0 Å². The molecule has 0 atom stereocenters. The van der Waals surface area contributed by atoms with Crippen LogP contribution in [0.15, 0.2) is 83.4 Å². The van der Waals surface area contributed by atoms with Gasteiger partial charge in [0.05, 0.1) is 0 Å². The van der Waals surface area contributed by atoms with Crippen LogP contribution in [0.5, 0.6) is 0 Å². The highest BCUT2D eigenvalue weighted by atomic mass is 35.5. The Morgan fingerprint density at radius 3 is 2.30 bits per heavy atom. The summed E-state index contributed by atoms with van der Waals surface area (Å²) in [7, 11) is 0. The van der Waals surface area contributed by atoms with Crippen molar-refractivity contribution in [2.75, 3.05) is 11.6 Å². The molecular formula is C24H21ClN2O2S. The van der Waals surface area contributed by atoms with E-state index in [1.807, 2.05) is 49.6 Å². The number of carbonyl (C=O) groups excluding carboxylic acids is 2. The maximum Gasteiger partial charge on any atom is 0.272 e. The molecule has 0 aliphatic heterocycles. The average Bonchev–Trinajstić information content (AvgIpc) is 2.74. The van der Waals surface area contributed by atoms with Crippen LogP contribution in [0, 0.1) is 6.92 Å². The van der Waals surface area contributed by atoms with E-state index in [1.165, 1.54) is 0 Å². The Morgan fingerprint density at radius 2 is 1.67 bits per heavy atom. The molecule has 2 amide bonds. The second-order valence-corrected chi connectivity index (χ2v) is 7.93. The second-order valence-electron chi connectivity index (χ2n) is 6.62. The molecular weight excluding hydrogens is 416 g/mol. The van der Waals surface area contributed by atoms with Crippen LogP contribution >= 0.6 is 23.4 Å². The van der Waals surface area contributed by atoms with Gasteiger partial charge in [-0.15, -0.1) is 11.8 Å². The summed E-state index contributed by atoms with van der Waals surface area (Å²) >= 11 is 7.64. The van der Waals surface area contributed by atoms with Crippen molar-refractivity contribution in [3.05, 3.63) is 100 Å². The number of carbonyl (C=O) groups is 2. The smallest absolute Gasteiger partial charge is 0.272 e. The van der Waals surface area contributed by atoms with Crippen molar-refractivity contribution in [1.82, 2.24) is 5.32 Å². The van der Waals surface area contributed by atoms with Crippen molar-refractivity contribution in [1.29, 1.82) is 0 Å². The third kappa shape index (κ3) is 5.99. The lowest BCUT2D eigenvalue weighted by Crippen LogP contribution is -2.30. The summed E-state index contributed by atoms with van der Waals surface area (Å²) in [6.07, 6.45) is 3.65. The van der Waals surface area contributed by atoms with Crippen molar-refractivity contribution in [2.24, 2.45) is 0 Å². The van der Waals surface area contributed by atoms with E-state index in [-0.39, 0.29) is 11.6 Å². The first-order chi connectivity index (χ1) is 14.4. The Bertz CT molecular complexity index is 1080. The molecule has 3 rings (SSSR count). The van der Waals surface area contributed by atoms with Crippen molar-refractivity contribution < 1.29 is 9.59 Å². The molecule has 0 saturated carbocycles. The number of aryl methyl sites for hydroxylation is 1. The molecule has 0 bridgehead atoms. The molecule has 3 aromatic carbocycles. The molecule has 0 aliphatic carbocycles. The van der Waals surface area contributed by atoms with Crippen LogP contribution in [-0.2, 0) is 4.79 Å². The molecule has 4 nitrogen and oxygen atoms in total. The number of benzene rings is 3. The summed E-state index contributed by atoms with van der Waals surface area (Å²) in [5.41, 5.74) is 3.00. The Morgan fingerprint density at radius 1 is 0.967 bits per heavy atom. The molecule has 3 aromatic rings. The maximum atomic E-state index is 12.9. The molecule has 6 heteroatoms. The minimum atomic E-state index is -0.438. The molecule has 152 valence electrons. The van der Waals surface area contributed by atoms with E-state index in [9.17, 15) is 9.59 Å². The first-order valence-corrected chi connectivity index (χ1v) is 10.9. The van der Waals surface area contributed by atoms with Gasteiger partial charge in [-0.25, -0.2) is 0 Å². The van der Waals surface area contributed by atoms with Crippen LogP contribution < -0.4 is 10.6 Å². The molecule has 0 spiro atoms. The highest BCUT2D eigenvalue weighted by Crippen LogP contribution is 2.18. The van der Waals surface area contributed by atoms with Gasteiger partial charge >= 0.3 is 0 Å². The summed E-state index contributed by atoms with van der Waals surface area (Å²) in [4.78, 5) is 26.8. The van der Waals surface area contributed by atoms with Crippen LogP contribution in [0.3, 0.4) is 0 Å². The lowest BCUT2D eigenvalue weighted by molar-refractivity contribution is -0.113. The van der Waals surface area contributed by atoms with Gasteiger partial charge in [-0.1, -0.05) is 47.5 Å². The number of rotatable bonds is 6. The Hall–Kier alpha value is -3.02. The highest BCUT2D eigenvalue weighted by molar-refractivity contribution is 7.98. The first-order valence-electron chi connectivity index (χ1n) is 9.25. The molecule has 0 fully saturated rings. The fourth-order valence-corrected chi connectivity index (χ4v) is 3.29. The van der Waals surface area contributed by atoms with Gasteiger partial charge in [0.25, 0.3) is 11.8 Å². The molecule has 30 heavy (non-hydrogen) atoms. The third-order valence-electron chi connectivity index (χ3n) is 4.32. The lowest BCUT2D eigenvalue weighted by Gasteiger charge is -2.12. The van der Waals surface area contributed by atoms with E-state index in [4.69, 9.17) is 11.6 Å². The minimum absolute atomic E-state index is 0.137. The quantitative estimate of drug-likeness (QED) is 0.380. The monoisotopic (exact) mass is 436 g/mol. The zero-order valence-corrected chi connectivity index (χ0v) is 18.2. The molecule has 0 heterocycles. The summed E-state index contributed by atoms with van der Waals surface area (Å²) in [6.45, 7) is 1.95. The third-order valence-corrected chi connectivity index (χ3v) is 5.29. The summed E-state index contributed by atoms with van der Waals surface area (Å²) in [5.74, 6) is -0.796. The summed E-state index contributed by atoms with van der Waals surface area (Å²) < 4.78 is 0. The number of thioether (sulfide) groups is 1. The zero-order valence-electron chi connectivity index (χ0n) is 16.6. The van der Waals surface area contributed by atoms with Gasteiger partial charge in [0.15, 0.2) is 0 Å². The van der Waals surface area contributed by atoms with Crippen molar-refractivity contribution >= 4 is 46.9 Å². The number of anilines is 1. The largest absolute Gasteiger partial charge is 0.321 e. The number of nitrogens with one attached hydrogen (secondary N) is 2. The lowest BCUT2D eigenvalue weighted by atomic mass is 10.1. The molecule has 0 aliphatic rings. The normalized spacial score (nSPS) is 11.1. The second kappa shape index (κ2) is 10.1. The molecule has 0 radical (unpaired) electrons. The highest BCUT2D eigenvalue weighted by Gasteiger charge is 2.15. The number of amides is 2. The first kappa shape index (κ1) is 21.7. The van der Waals surface area contributed by atoms with Crippen LogP contribution in [-0.4, -0.2) is 18.1 Å². The fraction of sp³-hybridized carbons (Fsp3) is 0.0833. The standard InChI is InChI=1S/C24H21ClN2O2S/c1-16-6-10-18(11-7-16)23(28)27-22(14-17-8-12-21(30-2)13-9-17)24(29)26-20-5-3-4-19(25)15-20/h3-15H,1-2H3,(H,26,29)(H,27,28)/b22-14+. The minimum Gasteiger partial charge on any atom is -0.321 e. The fourth-order valence-electron chi connectivity index (χ4n) is 2.69. The van der Waals surface area contributed by atoms with Crippen molar-refractivity contribution in [3.63, 3.8) is 0 Å². The van der Waals surface area contributed by atoms with Crippen molar-refractivity contribution in [2.45, 2.75) is 11.8 Å². The van der Waals surface area contributed by atoms with Crippen LogP contribution in [0.25, 0.3) is 6.08 Å².